The predicted octanol–water partition coefficient (Wildman–Crippen LogP) is 2.98. The van der Waals surface area contributed by atoms with E-state index in [-0.39, 0.29) is 43.3 Å². The van der Waals surface area contributed by atoms with Crippen LogP contribution in [0.1, 0.15) is 87.2 Å². The number of nitrogens with zero attached hydrogens (tertiary/aromatic N) is 3. The number of hydrogen-bond donors (Lipinski definition) is 1. The van der Waals surface area contributed by atoms with Crippen LogP contribution >= 0.6 is 0 Å². The van der Waals surface area contributed by atoms with E-state index in [1.165, 1.54) is 9.80 Å². The molecule has 1 atom stereocenters. The van der Waals surface area contributed by atoms with E-state index in [9.17, 15) is 24.0 Å². The minimum atomic E-state index is -0.667. The topological polar surface area (TPSA) is 116 Å². The lowest BCUT2D eigenvalue weighted by molar-refractivity contribution is -0.137. The van der Waals surface area contributed by atoms with Crippen LogP contribution < -0.4 is 5.32 Å². The lowest BCUT2D eigenvalue weighted by Gasteiger charge is -2.35. The van der Waals surface area contributed by atoms with E-state index in [0.717, 1.165) is 43.2 Å². The van der Waals surface area contributed by atoms with Crippen LogP contribution in [0.3, 0.4) is 0 Å². The Labute approximate surface area is 223 Å². The van der Waals surface area contributed by atoms with Crippen molar-refractivity contribution in [2.24, 2.45) is 0 Å². The fourth-order valence-electron chi connectivity index (χ4n) is 5.43. The number of benzene rings is 1. The number of ether oxygens (including phenoxy) is 1. The molecular formula is C28H38N4O6. The minimum absolute atomic E-state index is 0.0816. The van der Waals surface area contributed by atoms with Crippen molar-refractivity contribution in [1.82, 2.24) is 20.0 Å². The molecule has 206 valence electrons. The molecule has 4 rings (SSSR count). The number of imide groups is 1. The summed E-state index contributed by atoms with van der Waals surface area (Å²) in [7, 11) is 1.57. The number of likely N-dealkylation sites (N-methyl/N-ethyl adjacent to an activating group) is 1. The van der Waals surface area contributed by atoms with Crippen LogP contribution in [0.25, 0.3) is 0 Å². The van der Waals surface area contributed by atoms with Gasteiger partial charge in [-0.15, -0.1) is 0 Å². The molecule has 0 spiro atoms. The molecule has 2 fully saturated rings. The van der Waals surface area contributed by atoms with E-state index < -0.39 is 23.6 Å². The summed E-state index contributed by atoms with van der Waals surface area (Å²) >= 11 is 0. The highest BCUT2D eigenvalue weighted by atomic mass is 16.6. The Morgan fingerprint density at radius 3 is 2.45 bits per heavy atom. The predicted molar refractivity (Wildman–Crippen MR) is 139 cm³/mol. The van der Waals surface area contributed by atoms with E-state index in [2.05, 4.69) is 5.32 Å². The van der Waals surface area contributed by atoms with Crippen molar-refractivity contribution < 1.29 is 28.7 Å². The van der Waals surface area contributed by atoms with Crippen molar-refractivity contribution in [3.8, 4) is 0 Å². The Hall–Kier alpha value is -3.43. The largest absolute Gasteiger partial charge is 0.444 e. The van der Waals surface area contributed by atoms with Gasteiger partial charge < -0.3 is 19.4 Å². The molecule has 10 heteroatoms. The van der Waals surface area contributed by atoms with Crippen LogP contribution in [0.4, 0.5) is 4.79 Å². The zero-order valence-electron chi connectivity index (χ0n) is 22.7. The first-order valence-corrected chi connectivity index (χ1v) is 13.4. The zero-order chi connectivity index (χ0) is 27.6. The first kappa shape index (κ1) is 27.6. The van der Waals surface area contributed by atoms with Crippen molar-refractivity contribution in [3.05, 3.63) is 34.9 Å². The Balaban J connectivity index is 1.48. The highest BCUT2D eigenvalue weighted by molar-refractivity contribution is 6.05. The smallest absolute Gasteiger partial charge is 0.410 e. The molecule has 5 amide bonds. The maximum atomic E-state index is 13.5. The Bertz CT molecular complexity index is 1120. The fraction of sp³-hybridized carbons (Fsp3) is 0.607. The lowest BCUT2D eigenvalue weighted by atomic mass is 9.93. The third-order valence-corrected chi connectivity index (χ3v) is 7.35. The third-order valence-electron chi connectivity index (χ3n) is 7.35. The van der Waals surface area contributed by atoms with Gasteiger partial charge in [0.05, 0.1) is 0 Å². The minimum Gasteiger partial charge on any atom is -0.444 e. The van der Waals surface area contributed by atoms with Gasteiger partial charge in [-0.05, 0) is 57.2 Å². The number of carbonyl (C=O) groups is 5. The summed E-state index contributed by atoms with van der Waals surface area (Å²) < 4.78 is 5.41. The lowest BCUT2D eigenvalue weighted by Crippen LogP contribution is -2.52. The van der Waals surface area contributed by atoms with E-state index in [1.807, 2.05) is 17.0 Å². The molecule has 10 nitrogen and oxygen atoms in total. The van der Waals surface area contributed by atoms with Crippen LogP contribution in [-0.4, -0.2) is 75.7 Å². The molecule has 1 aromatic rings. The van der Waals surface area contributed by atoms with Gasteiger partial charge in [-0.1, -0.05) is 31.4 Å². The van der Waals surface area contributed by atoms with Gasteiger partial charge in [0.25, 0.3) is 5.91 Å². The number of carbonyl (C=O) groups excluding carboxylic acids is 5. The van der Waals surface area contributed by atoms with E-state index in [4.69, 9.17) is 4.74 Å². The van der Waals surface area contributed by atoms with Crippen LogP contribution in [0, 0.1) is 0 Å². The van der Waals surface area contributed by atoms with Gasteiger partial charge in [-0.2, -0.15) is 0 Å². The summed E-state index contributed by atoms with van der Waals surface area (Å²) in [6.07, 6.45) is 5.05. The van der Waals surface area contributed by atoms with Crippen LogP contribution in [-0.2, 0) is 32.2 Å². The number of piperidine rings is 1. The molecule has 1 unspecified atom stereocenters. The molecule has 0 aromatic heterocycles. The molecular weight excluding hydrogens is 488 g/mol. The third kappa shape index (κ3) is 6.34. The quantitative estimate of drug-likeness (QED) is 0.570. The van der Waals surface area contributed by atoms with Crippen LogP contribution in [0.2, 0.25) is 0 Å². The van der Waals surface area contributed by atoms with Crippen molar-refractivity contribution >= 4 is 29.7 Å². The molecule has 3 aliphatic rings. The first-order valence-electron chi connectivity index (χ1n) is 13.4. The molecule has 1 N–H and O–H groups in total. The summed E-state index contributed by atoms with van der Waals surface area (Å²) in [6.45, 7) is 5.93. The summed E-state index contributed by atoms with van der Waals surface area (Å²) in [5, 5.41) is 2.32. The fourth-order valence-corrected chi connectivity index (χ4v) is 5.43. The molecule has 1 saturated heterocycles. The molecule has 1 aliphatic carbocycles. The molecule has 1 saturated carbocycles. The molecule has 0 bridgehead atoms. The molecule has 2 heterocycles. The maximum absolute atomic E-state index is 13.5. The van der Waals surface area contributed by atoms with Gasteiger partial charge in [0.15, 0.2) is 0 Å². The van der Waals surface area contributed by atoms with Crippen LogP contribution in [0.5, 0.6) is 0 Å². The maximum Gasteiger partial charge on any atom is 0.410 e. The van der Waals surface area contributed by atoms with Gasteiger partial charge in [-0.25, -0.2) is 4.79 Å². The first-order chi connectivity index (χ1) is 17.9. The van der Waals surface area contributed by atoms with Crippen molar-refractivity contribution in [3.63, 3.8) is 0 Å². The average molecular weight is 527 g/mol. The zero-order valence-corrected chi connectivity index (χ0v) is 22.7. The standard InChI is InChI=1S/C28H38N4O6/c1-28(2,3)38-27(37)30(4)17-24(34)31(20-8-6-5-7-9-20)15-18-10-11-21-19(14-18)16-32(26(21)36)22-12-13-23(33)29-25(22)35/h10-11,14,20,22H,5-9,12-13,15-17H2,1-4H3,(H,29,33,35). The normalized spacial score (nSPS) is 20.2. The number of hydrogen-bond acceptors (Lipinski definition) is 6. The Morgan fingerprint density at radius 2 is 1.79 bits per heavy atom. The summed E-state index contributed by atoms with van der Waals surface area (Å²) in [5.74, 6) is -1.12. The number of rotatable bonds is 6. The second-order valence-electron chi connectivity index (χ2n) is 11.5. The van der Waals surface area contributed by atoms with Crippen molar-refractivity contribution in [1.29, 1.82) is 0 Å². The van der Waals surface area contributed by atoms with Gasteiger partial charge in [0.1, 0.15) is 18.2 Å². The highest BCUT2D eigenvalue weighted by Gasteiger charge is 2.39. The summed E-state index contributed by atoms with van der Waals surface area (Å²) in [5.41, 5.74) is 1.58. The molecule has 1 aromatic carbocycles. The second kappa shape index (κ2) is 11.1. The van der Waals surface area contributed by atoms with E-state index >= 15 is 0 Å². The SMILES string of the molecule is CN(CC(=O)N(Cc1ccc2c(c1)CN(C1CCC(=O)NC1=O)C2=O)C1CCCCC1)C(=O)OC(C)(C)C. The van der Waals surface area contributed by atoms with Gasteiger partial charge >= 0.3 is 6.09 Å². The number of nitrogens with one attached hydrogen (secondary N) is 1. The van der Waals surface area contributed by atoms with Gasteiger partial charge in [-0.3, -0.25) is 24.5 Å². The van der Waals surface area contributed by atoms with Gasteiger partial charge in [0, 0.05) is 38.2 Å². The Kier molecular flexibility index (Phi) is 8.08. The van der Waals surface area contributed by atoms with Crippen molar-refractivity contribution in [2.45, 2.75) is 96.5 Å². The number of fused-ring (bicyclic) bond motifs is 1. The number of amides is 5. The summed E-state index contributed by atoms with van der Waals surface area (Å²) in [6, 6.07) is 4.96. The average Bonchev–Trinajstić information content (AvgIpc) is 3.17. The molecule has 0 radical (unpaired) electrons. The summed E-state index contributed by atoms with van der Waals surface area (Å²) in [4.78, 5) is 67.6. The van der Waals surface area contributed by atoms with E-state index in [0.29, 0.717) is 18.5 Å². The van der Waals surface area contributed by atoms with Crippen LogP contribution in [0.15, 0.2) is 18.2 Å². The highest BCUT2D eigenvalue weighted by Crippen LogP contribution is 2.30. The molecule has 2 aliphatic heterocycles. The Morgan fingerprint density at radius 1 is 1.08 bits per heavy atom. The second-order valence-corrected chi connectivity index (χ2v) is 11.5. The molecule has 38 heavy (non-hydrogen) atoms. The van der Waals surface area contributed by atoms with Crippen molar-refractivity contribution in [2.75, 3.05) is 13.6 Å². The van der Waals surface area contributed by atoms with E-state index in [1.54, 1.807) is 33.9 Å². The monoisotopic (exact) mass is 526 g/mol. The van der Waals surface area contributed by atoms with Gasteiger partial charge in [0.2, 0.25) is 17.7 Å².